The van der Waals surface area contributed by atoms with E-state index in [0.717, 1.165) is 12.1 Å². The predicted octanol–water partition coefficient (Wildman–Crippen LogP) is 3.99. The second-order valence-corrected chi connectivity index (χ2v) is 6.11. The Balaban J connectivity index is 2.12. The van der Waals surface area contributed by atoms with Crippen LogP contribution in [0, 0.1) is 10.1 Å². The summed E-state index contributed by atoms with van der Waals surface area (Å²) in [6.07, 6.45) is 0.636. The highest BCUT2D eigenvalue weighted by Gasteiger charge is 2.23. The number of esters is 1. The molecule has 0 aliphatic rings. The van der Waals surface area contributed by atoms with Crippen molar-refractivity contribution in [3.8, 4) is 11.6 Å². The van der Waals surface area contributed by atoms with E-state index in [4.69, 9.17) is 32.7 Å². The van der Waals surface area contributed by atoms with E-state index in [-0.39, 0.29) is 42.0 Å². The lowest BCUT2D eigenvalue weighted by Gasteiger charge is -2.10. The Labute approximate surface area is 174 Å². The number of carbonyl (C=O) groups excluding carboxylic acids is 2. The van der Waals surface area contributed by atoms with Gasteiger partial charge in [-0.1, -0.05) is 23.2 Å². The molecule has 0 aliphatic carbocycles. The lowest BCUT2D eigenvalue weighted by molar-refractivity contribution is -0.385. The van der Waals surface area contributed by atoms with Gasteiger partial charge in [0.25, 0.3) is 5.69 Å². The van der Waals surface area contributed by atoms with Gasteiger partial charge in [-0.05, 0) is 19.1 Å². The maximum absolute atomic E-state index is 12.3. The van der Waals surface area contributed by atoms with Gasteiger partial charge in [0.15, 0.2) is 0 Å². The van der Waals surface area contributed by atoms with Gasteiger partial charge in [0.1, 0.15) is 22.9 Å². The van der Waals surface area contributed by atoms with Gasteiger partial charge in [0, 0.05) is 18.3 Å². The molecule has 2 aromatic rings. The molecule has 12 heteroatoms. The van der Waals surface area contributed by atoms with Crippen LogP contribution in [0.3, 0.4) is 0 Å². The lowest BCUT2D eigenvalue weighted by atomic mass is 10.1. The van der Waals surface area contributed by atoms with Gasteiger partial charge < -0.3 is 19.5 Å². The number of amides is 1. The lowest BCUT2D eigenvalue weighted by Crippen LogP contribution is -2.28. The van der Waals surface area contributed by atoms with Crippen molar-refractivity contribution in [1.29, 1.82) is 0 Å². The van der Waals surface area contributed by atoms with E-state index in [1.165, 1.54) is 18.3 Å². The summed E-state index contributed by atoms with van der Waals surface area (Å²) in [4.78, 5) is 37.8. The highest BCUT2D eigenvalue weighted by Crippen LogP contribution is 2.31. The second-order valence-electron chi connectivity index (χ2n) is 5.26. The number of halogens is 2. The Morgan fingerprint density at radius 1 is 1.24 bits per heavy atom. The van der Waals surface area contributed by atoms with Crippen molar-refractivity contribution in [3.63, 3.8) is 0 Å². The Morgan fingerprint density at radius 3 is 2.66 bits per heavy atom. The highest BCUT2D eigenvalue weighted by atomic mass is 35.5. The quantitative estimate of drug-likeness (QED) is 0.280. The first kappa shape index (κ1) is 22.2. The fraction of sp³-hybridized carbons (Fsp3) is 0.235. The van der Waals surface area contributed by atoms with Crippen LogP contribution in [-0.2, 0) is 9.47 Å². The summed E-state index contributed by atoms with van der Waals surface area (Å²) < 4.78 is 15.1. The van der Waals surface area contributed by atoms with E-state index in [0.29, 0.717) is 5.02 Å². The largest absolute Gasteiger partial charge is 0.460 e. The summed E-state index contributed by atoms with van der Waals surface area (Å²) in [6.45, 7) is 1.58. The first-order valence-electron chi connectivity index (χ1n) is 8.17. The number of aromatic nitrogens is 1. The number of benzene rings is 1. The summed E-state index contributed by atoms with van der Waals surface area (Å²) in [5.74, 6) is -0.894. The maximum Gasteiger partial charge on any atom is 0.407 e. The number of alkyl carbamates (subject to hydrolysis) is 1. The summed E-state index contributed by atoms with van der Waals surface area (Å²) in [6, 6.07) is 4.91. The topological polar surface area (TPSA) is 130 Å². The van der Waals surface area contributed by atoms with E-state index < -0.39 is 22.7 Å². The number of nitro groups is 1. The van der Waals surface area contributed by atoms with E-state index in [2.05, 4.69) is 15.0 Å². The molecule has 0 atom stereocenters. The standard InChI is InChI=1S/C17H15Cl2N3O7/c1-2-27-17(24)20-5-6-28-16(23)12-8-11(3-4-14(12)22(25)26)29-15-13(19)7-10(18)9-21-15/h3-4,7-9H,2,5-6H2,1H3,(H,20,24). The number of hydrogen-bond acceptors (Lipinski definition) is 8. The molecule has 2 rings (SSSR count). The van der Waals surface area contributed by atoms with E-state index in [9.17, 15) is 19.7 Å². The Hall–Kier alpha value is -3.11. The van der Waals surface area contributed by atoms with Crippen molar-refractivity contribution in [3.05, 3.63) is 56.2 Å². The number of nitrogens with one attached hydrogen (secondary N) is 1. The van der Waals surface area contributed by atoms with Crippen LogP contribution >= 0.6 is 23.2 Å². The van der Waals surface area contributed by atoms with Crippen molar-refractivity contribution >= 4 is 41.0 Å². The van der Waals surface area contributed by atoms with Crippen molar-refractivity contribution < 1.29 is 28.7 Å². The monoisotopic (exact) mass is 443 g/mol. The summed E-state index contributed by atoms with van der Waals surface area (Å²) >= 11 is 11.7. The number of nitrogens with zero attached hydrogens (tertiary/aromatic N) is 2. The van der Waals surface area contributed by atoms with Crippen LogP contribution in [0.15, 0.2) is 30.5 Å². The molecule has 0 fully saturated rings. The van der Waals surface area contributed by atoms with Gasteiger partial charge in [0.2, 0.25) is 5.88 Å². The number of pyridine rings is 1. The van der Waals surface area contributed by atoms with Gasteiger partial charge in [-0.25, -0.2) is 14.6 Å². The predicted molar refractivity (Wildman–Crippen MR) is 103 cm³/mol. The third-order valence-corrected chi connectivity index (χ3v) is 3.73. The van der Waals surface area contributed by atoms with Crippen LogP contribution < -0.4 is 10.1 Å². The van der Waals surface area contributed by atoms with Crippen molar-refractivity contribution in [2.24, 2.45) is 0 Å². The second kappa shape index (κ2) is 10.4. The molecule has 154 valence electrons. The van der Waals surface area contributed by atoms with Crippen LogP contribution in [0.4, 0.5) is 10.5 Å². The molecule has 0 radical (unpaired) electrons. The zero-order valence-corrected chi connectivity index (χ0v) is 16.5. The molecule has 0 unspecified atom stereocenters. The molecule has 1 amide bonds. The molecular weight excluding hydrogens is 429 g/mol. The molecule has 1 N–H and O–H groups in total. The summed E-state index contributed by atoms with van der Waals surface area (Å²) in [7, 11) is 0. The minimum Gasteiger partial charge on any atom is -0.460 e. The SMILES string of the molecule is CCOC(=O)NCCOC(=O)c1cc(Oc2ncc(Cl)cc2Cl)ccc1[N+](=O)[O-]. The van der Waals surface area contributed by atoms with Gasteiger partial charge in [-0.2, -0.15) is 0 Å². The molecule has 1 heterocycles. The molecule has 0 saturated carbocycles. The molecule has 0 saturated heterocycles. The van der Waals surface area contributed by atoms with Crippen molar-refractivity contribution in [2.45, 2.75) is 6.92 Å². The first-order chi connectivity index (χ1) is 13.8. The minimum absolute atomic E-state index is 0.00266. The minimum atomic E-state index is -0.969. The average Bonchev–Trinajstić information content (AvgIpc) is 2.67. The Morgan fingerprint density at radius 2 is 2.00 bits per heavy atom. The van der Waals surface area contributed by atoms with E-state index >= 15 is 0 Å². The van der Waals surface area contributed by atoms with E-state index in [1.54, 1.807) is 6.92 Å². The fourth-order valence-corrected chi connectivity index (χ4v) is 2.47. The summed E-state index contributed by atoms with van der Waals surface area (Å²) in [5.41, 5.74) is -0.815. The third-order valence-electron chi connectivity index (χ3n) is 3.25. The smallest absolute Gasteiger partial charge is 0.407 e. The normalized spacial score (nSPS) is 10.2. The number of carbonyl (C=O) groups is 2. The van der Waals surface area contributed by atoms with Gasteiger partial charge in [0.05, 0.1) is 23.1 Å². The Bertz CT molecular complexity index is 924. The number of nitro benzene ring substituents is 1. The molecule has 1 aromatic heterocycles. The van der Waals surface area contributed by atoms with Gasteiger partial charge >= 0.3 is 12.1 Å². The molecule has 0 bridgehead atoms. The van der Waals surface area contributed by atoms with Crippen LogP contribution in [0.1, 0.15) is 17.3 Å². The van der Waals surface area contributed by atoms with Crippen molar-refractivity contribution in [1.82, 2.24) is 10.3 Å². The fourth-order valence-electron chi connectivity index (χ4n) is 2.05. The van der Waals surface area contributed by atoms with Crippen LogP contribution in [0.5, 0.6) is 11.6 Å². The molecule has 29 heavy (non-hydrogen) atoms. The molecule has 1 aromatic carbocycles. The van der Waals surface area contributed by atoms with E-state index in [1.807, 2.05) is 0 Å². The first-order valence-corrected chi connectivity index (χ1v) is 8.92. The van der Waals surface area contributed by atoms with Crippen LogP contribution in [0.25, 0.3) is 0 Å². The molecular formula is C17H15Cl2N3O7. The number of hydrogen-bond donors (Lipinski definition) is 1. The van der Waals surface area contributed by atoms with Crippen molar-refractivity contribution in [2.75, 3.05) is 19.8 Å². The molecule has 0 spiro atoms. The van der Waals surface area contributed by atoms with Crippen LogP contribution in [-0.4, -0.2) is 41.7 Å². The highest BCUT2D eigenvalue weighted by molar-refractivity contribution is 6.35. The molecule has 0 aliphatic heterocycles. The number of ether oxygens (including phenoxy) is 3. The number of rotatable bonds is 8. The summed E-state index contributed by atoms with van der Waals surface area (Å²) in [5, 5.41) is 14.0. The van der Waals surface area contributed by atoms with Gasteiger partial charge in [-0.3, -0.25) is 10.1 Å². The Kier molecular flexibility index (Phi) is 7.98. The zero-order valence-electron chi connectivity index (χ0n) is 15.0. The van der Waals surface area contributed by atoms with Gasteiger partial charge in [-0.15, -0.1) is 0 Å². The average molecular weight is 444 g/mol. The molecule has 10 nitrogen and oxygen atoms in total. The maximum atomic E-state index is 12.3. The van der Waals surface area contributed by atoms with Crippen LogP contribution in [0.2, 0.25) is 10.0 Å². The zero-order chi connectivity index (χ0) is 21.4. The third kappa shape index (κ3) is 6.47.